The lowest BCUT2D eigenvalue weighted by Gasteiger charge is -2.07. The Morgan fingerprint density at radius 1 is 1.22 bits per heavy atom. The van der Waals surface area contributed by atoms with Crippen molar-refractivity contribution >= 4 is 22.6 Å². The summed E-state index contributed by atoms with van der Waals surface area (Å²) >= 11 is 2.26. The first-order valence-electron chi connectivity index (χ1n) is 5.84. The maximum absolute atomic E-state index is 5.43. The molecule has 0 atom stereocenters. The van der Waals surface area contributed by atoms with Gasteiger partial charge in [0.05, 0.1) is 19.8 Å². The third-order valence-corrected chi connectivity index (χ3v) is 3.63. The molecule has 0 unspecified atom stereocenters. The molecule has 18 heavy (non-hydrogen) atoms. The lowest BCUT2D eigenvalue weighted by molar-refractivity contribution is -0.0546. The van der Waals surface area contributed by atoms with Crippen molar-refractivity contribution in [2.24, 2.45) is 0 Å². The molecule has 0 aliphatic carbocycles. The third kappa shape index (κ3) is 2.57. The minimum atomic E-state index is -0.163. The molecule has 1 aromatic carbocycles. The monoisotopic (exact) mass is 356 g/mol. The second-order valence-corrected chi connectivity index (χ2v) is 5.11. The number of halogens is 1. The van der Waals surface area contributed by atoms with Crippen LogP contribution in [-0.2, 0) is 16.0 Å². The topological polar surface area (TPSA) is 36.3 Å². The Labute approximate surface area is 119 Å². The molecule has 1 aromatic heterocycles. The predicted molar refractivity (Wildman–Crippen MR) is 76.1 cm³/mol. The van der Waals surface area contributed by atoms with Gasteiger partial charge in [-0.3, -0.25) is 4.68 Å². The van der Waals surface area contributed by atoms with E-state index in [1.807, 2.05) is 29.1 Å². The van der Waals surface area contributed by atoms with Crippen LogP contribution in [-0.4, -0.2) is 29.3 Å². The van der Waals surface area contributed by atoms with Crippen molar-refractivity contribution in [2.45, 2.75) is 12.8 Å². The maximum Gasteiger partial charge on any atom is 0.177 e. The van der Waals surface area contributed by atoms with Crippen LogP contribution in [0.2, 0.25) is 0 Å². The van der Waals surface area contributed by atoms with E-state index in [1.165, 1.54) is 5.56 Å². The molecule has 2 aromatic rings. The summed E-state index contributed by atoms with van der Waals surface area (Å²) in [5.41, 5.74) is 2.33. The number of nitrogens with zero attached hydrogens (tertiary/aromatic N) is 2. The fourth-order valence-corrected chi connectivity index (χ4v) is 2.70. The van der Waals surface area contributed by atoms with Gasteiger partial charge in [0.2, 0.25) is 0 Å². The van der Waals surface area contributed by atoms with Crippen LogP contribution in [0.4, 0.5) is 0 Å². The van der Waals surface area contributed by atoms with E-state index in [9.17, 15) is 0 Å². The van der Waals surface area contributed by atoms with Crippen molar-refractivity contribution in [1.29, 1.82) is 0 Å². The average molecular weight is 356 g/mol. The molecule has 0 radical (unpaired) electrons. The van der Waals surface area contributed by atoms with Crippen LogP contribution in [0.3, 0.4) is 0 Å². The Morgan fingerprint density at radius 3 is 2.67 bits per heavy atom. The van der Waals surface area contributed by atoms with Gasteiger partial charge in [0, 0.05) is 11.8 Å². The van der Waals surface area contributed by atoms with Gasteiger partial charge in [0.25, 0.3) is 0 Å². The fourth-order valence-electron chi connectivity index (χ4n) is 1.97. The number of hydrogen-bond acceptors (Lipinski definition) is 3. The van der Waals surface area contributed by atoms with Gasteiger partial charge in [-0.05, 0) is 28.2 Å². The summed E-state index contributed by atoms with van der Waals surface area (Å²) in [5, 5.41) is 4.49. The SMILES string of the molecule is Ic1nn(CC2OCCO2)cc1-c1ccccc1. The molecule has 0 saturated carbocycles. The highest BCUT2D eigenvalue weighted by molar-refractivity contribution is 14.1. The lowest BCUT2D eigenvalue weighted by Crippen LogP contribution is -2.17. The van der Waals surface area contributed by atoms with E-state index in [1.54, 1.807) is 0 Å². The molecule has 3 rings (SSSR count). The van der Waals surface area contributed by atoms with E-state index in [4.69, 9.17) is 9.47 Å². The molecule has 1 saturated heterocycles. The van der Waals surface area contributed by atoms with Gasteiger partial charge in [0.15, 0.2) is 6.29 Å². The van der Waals surface area contributed by atoms with Crippen LogP contribution in [0.1, 0.15) is 0 Å². The molecule has 0 spiro atoms. The quantitative estimate of drug-likeness (QED) is 0.793. The predicted octanol–water partition coefficient (Wildman–Crippen LogP) is 2.53. The number of aromatic nitrogens is 2. The molecule has 5 heteroatoms. The van der Waals surface area contributed by atoms with E-state index >= 15 is 0 Å². The number of ether oxygens (including phenoxy) is 2. The van der Waals surface area contributed by atoms with E-state index in [0.717, 1.165) is 9.26 Å². The Hall–Kier alpha value is -0.920. The zero-order valence-electron chi connectivity index (χ0n) is 9.75. The minimum absolute atomic E-state index is 0.163. The van der Waals surface area contributed by atoms with Crippen LogP contribution in [0, 0.1) is 3.70 Å². The zero-order valence-corrected chi connectivity index (χ0v) is 11.9. The molecule has 1 fully saturated rings. The normalized spacial score (nSPS) is 16.3. The Bertz CT molecular complexity index is 521. The van der Waals surface area contributed by atoms with Gasteiger partial charge in [-0.1, -0.05) is 30.3 Å². The second kappa shape index (κ2) is 5.38. The summed E-state index contributed by atoms with van der Waals surface area (Å²) in [4.78, 5) is 0. The van der Waals surface area contributed by atoms with Gasteiger partial charge in [-0.2, -0.15) is 5.10 Å². The van der Waals surface area contributed by atoms with E-state index in [2.05, 4.69) is 39.8 Å². The van der Waals surface area contributed by atoms with E-state index in [-0.39, 0.29) is 6.29 Å². The van der Waals surface area contributed by atoms with Crippen LogP contribution in [0.5, 0.6) is 0 Å². The molecular formula is C13H13IN2O2. The van der Waals surface area contributed by atoms with Gasteiger partial charge >= 0.3 is 0 Å². The van der Waals surface area contributed by atoms with Crippen molar-refractivity contribution in [2.75, 3.05) is 13.2 Å². The molecule has 4 nitrogen and oxygen atoms in total. The summed E-state index contributed by atoms with van der Waals surface area (Å²) in [7, 11) is 0. The van der Waals surface area contributed by atoms with Crippen molar-refractivity contribution in [1.82, 2.24) is 9.78 Å². The Morgan fingerprint density at radius 2 is 1.94 bits per heavy atom. The van der Waals surface area contributed by atoms with Gasteiger partial charge in [-0.15, -0.1) is 0 Å². The largest absolute Gasteiger partial charge is 0.348 e. The van der Waals surface area contributed by atoms with Crippen molar-refractivity contribution < 1.29 is 9.47 Å². The molecule has 0 bridgehead atoms. The molecule has 2 heterocycles. The Balaban J connectivity index is 1.82. The van der Waals surface area contributed by atoms with Gasteiger partial charge in [-0.25, -0.2) is 0 Å². The van der Waals surface area contributed by atoms with Crippen LogP contribution >= 0.6 is 22.6 Å². The average Bonchev–Trinajstić information content (AvgIpc) is 3.01. The lowest BCUT2D eigenvalue weighted by atomic mass is 10.1. The smallest absolute Gasteiger partial charge is 0.177 e. The van der Waals surface area contributed by atoms with Crippen molar-refractivity contribution in [3.8, 4) is 11.1 Å². The van der Waals surface area contributed by atoms with E-state index in [0.29, 0.717) is 19.8 Å². The highest BCUT2D eigenvalue weighted by atomic mass is 127. The molecule has 1 aliphatic rings. The van der Waals surface area contributed by atoms with Gasteiger partial charge < -0.3 is 9.47 Å². The summed E-state index contributed by atoms with van der Waals surface area (Å²) in [6, 6.07) is 10.3. The van der Waals surface area contributed by atoms with Gasteiger partial charge in [0.1, 0.15) is 3.70 Å². The highest BCUT2D eigenvalue weighted by Crippen LogP contribution is 2.24. The van der Waals surface area contributed by atoms with Crippen molar-refractivity contribution in [3.63, 3.8) is 0 Å². The van der Waals surface area contributed by atoms with Crippen LogP contribution in [0.25, 0.3) is 11.1 Å². The summed E-state index contributed by atoms with van der Waals surface area (Å²) in [6.07, 6.45) is 1.88. The molecule has 0 N–H and O–H groups in total. The first-order chi connectivity index (χ1) is 8.83. The van der Waals surface area contributed by atoms with Crippen LogP contribution < -0.4 is 0 Å². The molecule has 94 valence electrons. The van der Waals surface area contributed by atoms with Crippen molar-refractivity contribution in [3.05, 3.63) is 40.2 Å². The molecule has 1 aliphatic heterocycles. The number of hydrogen-bond donors (Lipinski definition) is 0. The standard InChI is InChI=1S/C13H13IN2O2/c14-13-11(10-4-2-1-3-5-10)8-16(15-13)9-12-17-6-7-18-12/h1-5,8,12H,6-7,9H2. The fraction of sp³-hybridized carbons (Fsp3) is 0.308. The molecule has 0 amide bonds. The zero-order chi connectivity index (χ0) is 12.4. The maximum atomic E-state index is 5.43. The van der Waals surface area contributed by atoms with Crippen LogP contribution in [0.15, 0.2) is 36.5 Å². The minimum Gasteiger partial charge on any atom is -0.348 e. The summed E-state index contributed by atoms with van der Waals surface area (Å²) in [5.74, 6) is 0. The summed E-state index contributed by atoms with van der Waals surface area (Å²) in [6.45, 7) is 1.99. The third-order valence-electron chi connectivity index (χ3n) is 2.83. The van der Waals surface area contributed by atoms with E-state index < -0.39 is 0 Å². The second-order valence-electron chi connectivity index (χ2n) is 4.09. The molecular weight excluding hydrogens is 343 g/mol. The first-order valence-corrected chi connectivity index (χ1v) is 6.92. The summed E-state index contributed by atoms with van der Waals surface area (Å²) < 4.78 is 13.7. The Kier molecular flexibility index (Phi) is 3.62. The first kappa shape index (κ1) is 12.1. The number of benzene rings is 1. The highest BCUT2D eigenvalue weighted by Gasteiger charge is 2.18. The number of rotatable bonds is 3.